The number of rotatable bonds is 12. The van der Waals surface area contributed by atoms with Crippen LogP contribution in [0.1, 0.15) is 25.8 Å². The van der Waals surface area contributed by atoms with Crippen LogP contribution in [0.2, 0.25) is 0 Å². The summed E-state index contributed by atoms with van der Waals surface area (Å²) < 4.78 is 11.7. The molecule has 7 heteroatoms. The second-order valence-electron chi connectivity index (χ2n) is 10.3. The summed E-state index contributed by atoms with van der Waals surface area (Å²) in [5.41, 5.74) is 1.66. The van der Waals surface area contributed by atoms with Gasteiger partial charge in [-0.2, -0.15) is 0 Å². The van der Waals surface area contributed by atoms with Gasteiger partial charge in [0.25, 0.3) is 5.91 Å². The zero-order chi connectivity index (χ0) is 27.5. The quantitative estimate of drug-likeness (QED) is 0.346. The lowest BCUT2D eigenvalue weighted by Gasteiger charge is -2.29. The molecule has 4 rings (SSSR count). The summed E-state index contributed by atoms with van der Waals surface area (Å²) in [6.45, 7) is 8.25. The Morgan fingerprint density at radius 3 is 2.28 bits per heavy atom. The van der Waals surface area contributed by atoms with Gasteiger partial charge in [0.1, 0.15) is 11.8 Å². The molecule has 1 aliphatic rings. The minimum atomic E-state index is -1.21. The molecule has 2 N–H and O–H groups in total. The molecule has 39 heavy (non-hydrogen) atoms. The predicted molar refractivity (Wildman–Crippen MR) is 154 cm³/mol. The molecule has 1 fully saturated rings. The molecule has 0 saturated carbocycles. The Morgan fingerprint density at radius 2 is 1.56 bits per heavy atom. The number of hydrogen-bond donors (Lipinski definition) is 2. The number of para-hydroxylation sites is 1. The zero-order valence-corrected chi connectivity index (χ0v) is 22.9. The van der Waals surface area contributed by atoms with Crippen LogP contribution in [0, 0.1) is 0 Å². The fourth-order valence-corrected chi connectivity index (χ4v) is 4.59. The van der Waals surface area contributed by atoms with Crippen molar-refractivity contribution in [2.24, 2.45) is 0 Å². The molecule has 0 aliphatic carbocycles. The van der Waals surface area contributed by atoms with Crippen molar-refractivity contribution in [2.75, 3.05) is 39.4 Å². The number of nitrogens with zero attached hydrogens (tertiary/aromatic N) is 1. The van der Waals surface area contributed by atoms with Gasteiger partial charge >= 0.3 is 0 Å². The third kappa shape index (κ3) is 8.40. The average molecular weight is 530 g/mol. The number of hydrogen-bond acceptors (Lipinski definition) is 5. The van der Waals surface area contributed by atoms with Gasteiger partial charge in [0.2, 0.25) is 5.91 Å². The molecule has 7 nitrogen and oxygen atoms in total. The summed E-state index contributed by atoms with van der Waals surface area (Å²) in [5, 5.41) is 6.00. The van der Waals surface area contributed by atoms with E-state index in [2.05, 4.69) is 15.5 Å². The van der Waals surface area contributed by atoms with Gasteiger partial charge in [-0.1, -0.05) is 78.9 Å². The van der Waals surface area contributed by atoms with E-state index in [0.717, 1.165) is 56.0 Å². The van der Waals surface area contributed by atoms with Crippen LogP contribution in [-0.4, -0.2) is 67.7 Å². The van der Waals surface area contributed by atoms with Crippen molar-refractivity contribution in [3.63, 3.8) is 0 Å². The normalized spacial score (nSPS) is 14.8. The predicted octanol–water partition coefficient (Wildman–Crippen LogP) is 4.08. The van der Waals surface area contributed by atoms with Gasteiger partial charge in [0.05, 0.1) is 13.2 Å². The monoisotopic (exact) mass is 529 g/mol. The maximum Gasteiger partial charge on any atom is 0.264 e. The van der Waals surface area contributed by atoms with E-state index in [4.69, 9.17) is 9.47 Å². The Kier molecular flexibility index (Phi) is 10.1. The van der Waals surface area contributed by atoms with E-state index >= 15 is 0 Å². The Morgan fingerprint density at radius 1 is 0.923 bits per heavy atom. The van der Waals surface area contributed by atoms with Crippen LogP contribution >= 0.6 is 0 Å². The highest BCUT2D eigenvalue weighted by atomic mass is 16.5. The van der Waals surface area contributed by atoms with Gasteiger partial charge in [-0.3, -0.25) is 14.5 Å². The second kappa shape index (κ2) is 13.9. The van der Waals surface area contributed by atoms with Gasteiger partial charge in [0, 0.05) is 31.6 Å². The summed E-state index contributed by atoms with van der Waals surface area (Å²) >= 11 is 0. The molecule has 1 heterocycles. The second-order valence-corrected chi connectivity index (χ2v) is 10.3. The highest BCUT2D eigenvalue weighted by molar-refractivity contribution is 5.91. The molecule has 206 valence electrons. The summed E-state index contributed by atoms with van der Waals surface area (Å²) in [6.07, 6.45) is 1.22. The van der Waals surface area contributed by atoms with Crippen LogP contribution in [0.3, 0.4) is 0 Å². The van der Waals surface area contributed by atoms with Crippen molar-refractivity contribution >= 4 is 11.8 Å². The van der Waals surface area contributed by atoms with Gasteiger partial charge in [-0.25, -0.2) is 0 Å². The lowest BCUT2D eigenvalue weighted by molar-refractivity contribution is -0.137. The van der Waals surface area contributed by atoms with Crippen LogP contribution in [0.5, 0.6) is 5.75 Å². The first-order valence-electron chi connectivity index (χ1n) is 13.7. The Labute approximate surface area is 231 Å². The minimum Gasteiger partial charge on any atom is -0.477 e. The van der Waals surface area contributed by atoms with Crippen LogP contribution in [0.25, 0.3) is 11.1 Å². The average Bonchev–Trinajstić information content (AvgIpc) is 2.96. The van der Waals surface area contributed by atoms with E-state index in [-0.39, 0.29) is 11.8 Å². The minimum absolute atomic E-state index is 0.199. The van der Waals surface area contributed by atoms with Gasteiger partial charge in [-0.15, -0.1) is 0 Å². The van der Waals surface area contributed by atoms with Crippen molar-refractivity contribution < 1.29 is 19.1 Å². The summed E-state index contributed by atoms with van der Waals surface area (Å²) in [5.74, 6) is 0.0560. The van der Waals surface area contributed by atoms with Gasteiger partial charge < -0.3 is 20.1 Å². The molecule has 3 aromatic rings. The SMILES string of the molecule is CC(C)(Oc1ccccc1-c1ccccc1)C(=O)N[C@@H](Cc1ccccc1)C(=O)NCCCN1CCOCC1. The highest BCUT2D eigenvalue weighted by Gasteiger charge is 2.34. The molecule has 1 atom stereocenters. The fraction of sp³-hybridized carbons (Fsp3) is 0.375. The highest BCUT2D eigenvalue weighted by Crippen LogP contribution is 2.32. The Bertz CT molecular complexity index is 1190. The van der Waals surface area contributed by atoms with Gasteiger partial charge in [-0.05, 0) is 44.0 Å². The summed E-state index contributed by atoms with van der Waals surface area (Å²) in [7, 11) is 0. The maximum atomic E-state index is 13.5. The molecule has 1 saturated heterocycles. The van der Waals surface area contributed by atoms with Gasteiger partial charge in [0.15, 0.2) is 5.60 Å². The molecular formula is C32H39N3O4. The van der Waals surface area contributed by atoms with E-state index in [9.17, 15) is 9.59 Å². The summed E-state index contributed by atoms with van der Waals surface area (Å²) in [6, 6.07) is 26.6. The number of carbonyl (C=O) groups excluding carboxylic acids is 2. The van der Waals surface area contributed by atoms with E-state index in [1.54, 1.807) is 13.8 Å². The standard InChI is InChI=1S/C32H39N3O4/c1-32(2,39-29-17-10-9-16-27(29)26-14-7-4-8-15-26)31(37)34-28(24-25-12-5-3-6-13-25)30(36)33-18-11-19-35-20-22-38-23-21-35/h3-10,12-17,28H,11,18-24H2,1-2H3,(H,33,36)(H,34,37)/t28-/m0/s1. The van der Waals surface area contributed by atoms with E-state index in [0.29, 0.717) is 18.7 Å². The first-order chi connectivity index (χ1) is 18.9. The van der Waals surface area contributed by atoms with E-state index in [1.165, 1.54) is 0 Å². The topological polar surface area (TPSA) is 79.9 Å². The van der Waals surface area contributed by atoms with Crippen LogP contribution < -0.4 is 15.4 Å². The first kappa shape index (κ1) is 28.3. The fourth-order valence-electron chi connectivity index (χ4n) is 4.59. The van der Waals surface area contributed by atoms with Crippen molar-refractivity contribution in [3.05, 3.63) is 90.5 Å². The lowest BCUT2D eigenvalue weighted by atomic mass is 10.0. The smallest absolute Gasteiger partial charge is 0.264 e. The Hall–Kier alpha value is -3.68. The molecule has 0 bridgehead atoms. The third-order valence-corrected chi connectivity index (χ3v) is 6.84. The van der Waals surface area contributed by atoms with Crippen molar-refractivity contribution in [1.82, 2.24) is 15.5 Å². The molecular weight excluding hydrogens is 490 g/mol. The molecule has 0 spiro atoms. The molecule has 0 aromatic heterocycles. The number of carbonyl (C=O) groups is 2. The molecule has 0 unspecified atom stereocenters. The van der Waals surface area contributed by atoms with E-state index < -0.39 is 11.6 Å². The maximum absolute atomic E-state index is 13.5. The van der Waals surface area contributed by atoms with Crippen LogP contribution in [0.4, 0.5) is 0 Å². The Balaban J connectivity index is 1.41. The number of ether oxygens (including phenoxy) is 2. The van der Waals surface area contributed by atoms with Crippen molar-refractivity contribution in [3.8, 4) is 16.9 Å². The lowest BCUT2D eigenvalue weighted by Crippen LogP contribution is -2.55. The summed E-state index contributed by atoms with van der Waals surface area (Å²) in [4.78, 5) is 29.1. The van der Waals surface area contributed by atoms with E-state index in [1.807, 2.05) is 84.9 Å². The number of amides is 2. The molecule has 1 aliphatic heterocycles. The molecule has 3 aromatic carbocycles. The number of nitrogens with one attached hydrogen (secondary N) is 2. The largest absolute Gasteiger partial charge is 0.477 e. The third-order valence-electron chi connectivity index (χ3n) is 6.84. The number of benzene rings is 3. The van der Waals surface area contributed by atoms with Crippen molar-refractivity contribution in [1.29, 1.82) is 0 Å². The molecule has 0 radical (unpaired) electrons. The van der Waals surface area contributed by atoms with Crippen LogP contribution in [0.15, 0.2) is 84.9 Å². The van der Waals surface area contributed by atoms with Crippen molar-refractivity contribution in [2.45, 2.75) is 38.3 Å². The zero-order valence-electron chi connectivity index (χ0n) is 22.9. The number of morpholine rings is 1. The van der Waals surface area contributed by atoms with Crippen LogP contribution in [-0.2, 0) is 20.7 Å². The molecule has 2 amide bonds. The first-order valence-corrected chi connectivity index (χ1v) is 13.7.